The first-order chi connectivity index (χ1) is 15.7. The Bertz CT molecular complexity index is 1170. The summed E-state index contributed by atoms with van der Waals surface area (Å²) in [6.07, 6.45) is 2.27. The van der Waals surface area contributed by atoms with Crippen LogP contribution in [0.3, 0.4) is 0 Å². The molecule has 1 fully saturated rings. The first-order valence-corrected chi connectivity index (χ1v) is 11.4. The van der Waals surface area contributed by atoms with Gasteiger partial charge in [0.05, 0.1) is 24.2 Å². The lowest BCUT2D eigenvalue weighted by molar-refractivity contribution is 0.112. The molecule has 176 valence electrons. The average Bonchev–Trinajstić information content (AvgIpc) is 3.11. The van der Waals surface area contributed by atoms with E-state index in [-0.39, 0.29) is 17.4 Å². The van der Waals surface area contributed by atoms with Gasteiger partial charge in [-0.3, -0.25) is 4.90 Å². The molecule has 0 unspecified atom stereocenters. The van der Waals surface area contributed by atoms with Crippen molar-refractivity contribution in [3.8, 4) is 11.5 Å². The maximum absolute atomic E-state index is 14.1. The first kappa shape index (κ1) is 23.2. The number of benzene rings is 2. The molecule has 0 spiro atoms. The SMILES string of the molecule is COc1cc2nc(C)nc(N[C@H](C)c3cccc(F)c3C)c2cc1OC[C@]1(C)CCCN1C. The number of hydrogen-bond donors (Lipinski definition) is 1. The van der Waals surface area contributed by atoms with E-state index in [4.69, 9.17) is 9.47 Å². The zero-order chi connectivity index (χ0) is 23.8. The number of aryl methyl sites for hydroxylation is 1. The second-order valence-electron chi connectivity index (χ2n) is 9.27. The lowest BCUT2D eigenvalue weighted by atomic mass is 10.0. The fourth-order valence-corrected chi connectivity index (χ4v) is 4.58. The lowest BCUT2D eigenvalue weighted by Crippen LogP contribution is -2.43. The van der Waals surface area contributed by atoms with Gasteiger partial charge in [-0.05, 0) is 77.4 Å². The summed E-state index contributed by atoms with van der Waals surface area (Å²) in [6, 6.07) is 8.84. The highest BCUT2D eigenvalue weighted by atomic mass is 19.1. The largest absolute Gasteiger partial charge is 0.493 e. The Morgan fingerprint density at radius 2 is 2.00 bits per heavy atom. The Morgan fingerprint density at radius 3 is 2.70 bits per heavy atom. The lowest BCUT2D eigenvalue weighted by Gasteiger charge is -2.32. The summed E-state index contributed by atoms with van der Waals surface area (Å²) in [4.78, 5) is 11.6. The number of anilines is 1. The third-order valence-corrected chi connectivity index (χ3v) is 6.89. The van der Waals surface area contributed by atoms with Crippen LogP contribution in [0.5, 0.6) is 11.5 Å². The molecule has 2 heterocycles. The van der Waals surface area contributed by atoms with E-state index in [1.807, 2.05) is 32.0 Å². The summed E-state index contributed by atoms with van der Waals surface area (Å²) in [6.45, 7) is 9.53. The summed E-state index contributed by atoms with van der Waals surface area (Å²) in [5.74, 6) is 2.42. The van der Waals surface area contributed by atoms with Crippen LogP contribution in [0.15, 0.2) is 30.3 Å². The highest BCUT2D eigenvalue weighted by Crippen LogP contribution is 2.37. The maximum Gasteiger partial charge on any atom is 0.162 e. The van der Waals surface area contributed by atoms with Gasteiger partial charge in [0.1, 0.15) is 24.1 Å². The van der Waals surface area contributed by atoms with Crippen LogP contribution >= 0.6 is 0 Å². The number of fused-ring (bicyclic) bond motifs is 1. The minimum absolute atomic E-state index is 0.00571. The molecule has 1 aliphatic heterocycles. The van der Waals surface area contributed by atoms with Gasteiger partial charge in [0.25, 0.3) is 0 Å². The molecule has 0 amide bonds. The monoisotopic (exact) mass is 452 g/mol. The summed E-state index contributed by atoms with van der Waals surface area (Å²) in [5.41, 5.74) is 2.28. The molecule has 4 rings (SSSR count). The minimum Gasteiger partial charge on any atom is -0.493 e. The molecule has 0 radical (unpaired) electrons. The quantitative estimate of drug-likeness (QED) is 0.516. The van der Waals surface area contributed by atoms with Crippen molar-refractivity contribution in [1.82, 2.24) is 14.9 Å². The van der Waals surface area contributed by atoms with Crippen molar-refractivity contribution in [2.75, 3.05) is 32.6 Å². The van der Waals surface area contributed by atoms with Gasteiger partial charge in [-0.15, -0.1) is 0 Å². The van der Waals surface area contributed by atoms with Gasteiger partial charge < -0.3 is 14.8 Å². The number of methoxy groups -OCH3 is 1. The predicted molar refractivity (Wildman–Crippen MR) is 130 cm³/mol. The number of ether oxygens (including phenoxy) is 2. The van der Waals surface area contributed by atoms with E-state index in [0.29, 0.717) is 35.3 Å². The van der Waals surface area contributed by atoms with Gasteiger partial charge >= 0.3 is 0 Å². The molecule has 1 saturated heterocycles. The summed E-state index contributed by atoms with van der Waals surface area (Å²) in [5, 5.41) is 4.30. The smallest absolute Gasteiger partial charge is 0.162 e. The molecule has 0 bridgehead atoms. The summed E-state index contributed by atoms with van der Waals surface area (Å²) >= 11 is 0. The normalized spacial score (nSPS) is 19.6. The van der Waals surface area contributed by atoms with E-state index < -0.39 is 0 Å². The van der Waals surface area contributed by atoms with Gasteiger partial charge in [-0.25, -0.2) is 14.4 Å². The maximum atomic E-state index is 14.1. The number of halogens is 1. The number of likely N-dealkylation sites (N-methyl/N-ethyl adjacent to an activating group) is 1. The van der Waals surface area contributed by atoms with Crippen LogP contribution in [0.25, 0.3) is 10.9 Å². The molecule has 1 aliphatic rings. The van der Waals surface area contributed by atoms with Crippen LogP contribution in [0, 0.1) is 19.7 Å². The van der Waals surface area contributed by atoms with Gasteiger partial charge in [-0.1, -0.05) is 12.1 Å². The zero-order valence-electron chi connectivity index (χ0n) is 20.3. The van der Waals surface area contributed by atoms with Crippen molar-refractivity contribution in [1.29, 1.82) is 0 Å². The number of aromatic nitrogens is 2. The van der Waals surface area contributed by atoms with Crippen LogP contribution in [-0.4, -0.2) is 47.7 Å². The van der Waals surface area contributed by atoms with Crippen LogP contribution in [-0.2, 0) is 0 Å². The van der Waals surface area contributed by atoms with E-state index in [9.17, 15) is 4.39 Å². The zero-order valence-corrected chi connectivity index (χ0v) is 20.3. The molecule has 1 N–H and O–H groups in total. The number of hydrogen-bond acceptors (Lipinski definition) is 6. The van der Waals surface area contributed by atoms with Crippen LogP contribution in [0.1, 0.15) is 49.7 Å². The van der Waals surface area contributed by atoms with Gasteiger partial charge in [0, 0.05) is 11.5 Å². The van der Waals surface area contributed by atoms with Crippen LogP contribution in [0.4, 0.5) is 10.2 Å². The molecule has 2 atom stereocenters. The van der Waals surface area contributed by atoms with Crippen LogP contribution < -0.4 is 14.8 Å². The van der Waals surface area contributed by atoms with E-state index in [2.05, 4.69) is 34.2 Å². The number of nitrogens with zero attached hydrogens (tertiary/aromatic N) is 3. The molecule has 1 aromatic heterocycles. The number of nitrogens with one attached hydrogen (secondary N) is 1. The van der Waals surface area contributed by atoms with E-state index in [1.165, 1.54) is 12.5 Å². The fraction of sp³-hybridized carbons (Fsp3) is 0.462. The highest BCUT2D eigenvalue weighted by Gasteiger charge is 2.35. The molecule has 6 nitrogen and oxygen atoms in total. The van der Waals surface area contributed by atoms with Crippen molar-refractivity contribution in [3.63, 3.8) is 0 Å². The van der Waals surface area contributed by atoms with Crippen molar-refractivity contribution >= 4 is 16.7 Å². The minimum atomic E-state index is -0.212. The third-order valence-electron chi connectivity index (χ3n) is 6.89. The van der Waals surface area contributed by atoms with Crippen LogP contribution in [0.2, 0.25) is 0 Å². The van der Waals surface area contributed by atoms with E-state index >= 15 is 0 Å². The number of likely N-dealkylation sites (tertiary alicyclic amines) is 1. The molecule has 33 heavy (non-hydrogen) atoms. The summed E-state index contributed by atoms with van der Waals surface area (Å²) in [7, 11) is 3.78. The highest BCUT2D eigenvalue weighted by molar-refractivity contribution is 5.92. The van der Waals surface area contributed by atoms with Crippen molar-refractivity contribution in [2.45, 2.75) is 52.1 Å². The van der Waals surface area contributed by atoms with Gasteiger partial charge in [0.2, 0.25) is 0 Å². The second kappa shape index (κ2) is 9.14. The third kappa shape index (κ3) is 4.60. The van der Waals surface area contributed by atoms with Crippen molar-refractivity contribution in [3.05, 3.63) is 53.1 Å². The first-order valence-electron chi connectivity index (χ1n) is 11.4. The molecule has 0 saturated carbocycles. The molecular formula is C26H33FN4O2. The molecule has 7 heteroatoms. The Balaban J connectivity index is 1.69. The van der Waals surface area contributed by atoms with E-state index in [0.717, 1.165) is 29.4 Å². The fourth-order valence-electron chi connectivity index (χ4n) is 4.58. The summed E-state index contributed by atoms with van der Waals surface area (Å²) < 4.78 is 26.0. The molecule has 0 aliphatic carbocycles. The van der Waals surface area contributed by atoms with Crippen molar-refractivity contribution in [2.24, 2.45) is 0 Å². The number of rotatable bonds is 7. The standard InChI is InChI=1S/C26H33FN4O2/c1-16-19(9-7-10-21(16)27)17(2)28-25-20-13-24(33-15-26(4)11-8-12-31(26)5)23(32-6)14-22(20)29-18(3)30-25/h7,9-10,13-14,17H,8,11-12,15H2,1-6H3,(H,28,29,30)/t17-,26+/m1/s1. The van der Waals surface area contributed by atoms with Crippen molar-refractivity contribution < 1.29 is 13.9 Å². The Hall–Kier alpha value is -2.93. The van der Waals surface area contributed by atoms with Gasteiger partial charge in [0.15, 0.2) is 11.5 Å². The Morgan fingerprint density at radius 1 is 1.21 bits per heavy atom. The predicted octanol–water partition coefficient (Wildman–Crippen LogP) is 5.43. The molecule has 3 aromatic rings. The Kier molecular flexibility index (Phi) is 6.43. The topological polar surface area (TPSA) is 59.5 Å². The second-order valence-corrected chi connectivity index (χ2v) is 9.27. The Labute approximate surface area is 195 Å². The molecule has 2 aromatic carbocycles. The van der Waals surface area contributed by atoms with E-state index in [1.54, 1.807) is 20.1 Å². The van der Waals surface area contributed by atoms with Gasteiger partial charge in [-0.2, -0.15) is 0 Å². The molecular weight excluding hydrogens is 419 g/mol. The average molecular weight is 453 g/mol.